The molecule has 0 radical (unpaired) electrons. The predicted molar refractivity (Wildman–Crippen MR) is 76.7 cm³/mol. The smallest absolute Gasteiger partial charge is 0.243 e. The van der Waals surface area contributed by atoms with Crippen LogP contribution in [0.25, 0.3) is 0 Å². The minimum absolute atomic E-state index is 0.0686. The molecule has 0 aliphatic carbocycles. The molecular weight excluding hydrogens is 332 g/mol. The lowest BCUT2D eigenvalue weighted by atomic mass is 10.3. The second kappa shape index (κ2) is 5.78. The Kier molecular flexibility index (Phi) is 4.50. The minimum atomic E-state index is -3.46. The first-order valence-corrected chi connectivity index (χ1v) is 8.36. The van der Waals surface area contributed by atoms with Gasteiger partial charge in [0.2, 0.25) is 10.0 Å². The molecule has 1 atom stereocenters. The van der Waals surface area contributed by atoms with E-state index in [1.807, 2.05) is 6.92 Å². The van der Waals surface area contributed by atoms with Gasteiger partial charge in [0.15, 0.2) is 0 Å². The van der Waals surface area contributed by atoms with Gasteiger partial charge in [0.1, 0.15) is 5.75 Å². The van der Waals surface area contributed by atoms with Gasteiger partial charge in [-0.15, -0.1) is 0 Å². The Bertz CT molecular complexity index is 562. The topological polar surface area (TPSA) is 72.6 Å². The fourth-order valence-corrected chi connectivity index (χ4v) is 4.22. The maximum atomic E-state index is 12.4. The van der Waals surface area contributed by atoms with Crippen molar-refractivity contribution in [1.82, 2.24) is 4.31 Å². The molecule has 2 rings (SSSR count). The van der Waals surface area contributed by atoms with E-state index >= 15 is 0 Å². The molecule has 2 N–H and O–H groups in total. The van der Waals surface area contributed by atoms with Crippen LogP contribution in [0.1, 0.15) is 13.3 Å². The van der Waals surface area contributed by atoms with Gasteiger partial charge in [0, 0.05) is 19.1 Å². The molecule has 5 nitrogen and oxygen atoms in total. The third kappa shape index (κ3) is 3.10. The van der Waals surface area contributed by atoms with Crippen molar-refractivity contribution in [3.63, 3.8) is 0 Å². The van der Waals surface area contributed by atoms with E-state index in [0.29, 0.717) is 36.3 Å². The molecule has 106 valence electrons. The zero-order valence-corrected chi connectivity index (χ0v) is 13.1. The Hall–Kier alpha value is -0.630. The molecule has 0 unspecified atom stereocenters. The molecule has 0 amide bonds. The van der Waals surface area contributed by atoms with Crippen LogP contribution in [0, 0.1) is 0 Å². The van der Waals surface area contributed by atoms with Crippen molar-refractivity contribution in [2.45, 2.75) is 24.3 Å². The average molecular weight is 349 g/mol. The molecule has 0 saturated carbocycles. The molecule has 1 aromatic carbocycles. The summed E-state index contributed by atoms with van der Waals surface area (Å²) in [7, 11) is -3.46. The molecule has 19 heavy (non-hydrogen) atoms. The normalized spacial score (nSPS) is 20.7. The van der Waals surface area contributed by atoms with Crippen LogP contribution in [-0.4, -0.2) is 38.5 Å². The summed E-state index contributed by atoms with van der Waals surface area (Å²) in [4.78, 5) is 0.261. The highest BCUT2D eigenvalue weighted by atomic mass is 79.9. The minimum Gasteiger partial charge on any atom is -0.493 e. The van der Waals surface area contributed by atoms with Gasteiger partial charge in [-0.05, 0) is 47.5 Å². The molecule has 1 fully saturated rings. The molecule has 1 aliphatic rings. The van der Waals surface area contributed by atoms with Crippen molar-refractivity contribution in [3.05, 3.63) is 22.7 Å². The van der Waals surface area contributed by atoms with E-state index < -0.39 is 10.0 Å². The van der Waals surface area contributed by atoms with Crippen molar-refractivity contribution >= 4 is 26.0 Å². The maximum absolute atomic E-state index is 12.4. The van der Waals surface area contributed by atoms with Crippen molar-refractivity contribution in [1.29, 1.82) is 0 Å². The summed E-state index contributed by atoms with van der Waals surface area (Å²) >= 11 is 3.33. The second-order valence-corrected chi connectivity index (χ2v) is 7.23. The van der Waals surface area contributed by atoms with Gasteiger partial charge >= 0.3 is 0 Å². The number of nitrogens with two attached hydrogens (primary N) is 1. The summed E-state index contributed by atoms with van der Waals surface area (Å²) in [6.45, 7) is 3.27. The molecule has 1 aromatic rings. The fourth-order valence-electron chi connectivity index (χ4n) is 2.04. The van der Waals surface area contributed by atoms with Gasteiger partial charge in [-0.3, -0.25) is 0 Å². The van der Waals surface area contributed by atoms with E-state index in [4.69, 9.17) is 10.5 Å². The van der Waals surface area contributed by atoms with Crippen LogP contribution < -0.4 is 10.5 Å². The lowest BCUT2D eigenvalue weighted by molar-refractivity contribution is 0.338. The quantitative estimate of drug-likeness (QED) is 0.896. The first-order chi connectivity index (χ1) is 8.95. The standard InChI is InChI=1S/C12H17BrN2O3S/c1-2-18-12-4-3-10(7-11(12)13)19(16,17)15-6-5-9(14)8-15/h3-4,7,9H,2,5-6,8,14H2,1H3/t9-/m1/s1. The third-order valence-electron chi connectivity index (χ3n) is 3.03. The SMILES string of the molecule is CCOc1ccc(S(=O)(=O)N2CC[C@@H](N)C2)cc1Br. The molecular formula is C12H17BrN2O3S. The number of benzene rings is 1. The van der Waals surface area contributed by atoms with Crippen LogP contribution in [0.2, 0.25) is 0 Å². The van der Waals surface area contributed by atoms with E-state index in [9.17, 15) is 8.42 Å². The van der Waals surface area contributed by atoms with Crippen LogP contribution in [0.3, 0.4) is 0 Å². The maximum Gasteiger partial charge on any atom is 0.243 e. The molecule has 0 aromatic heterocycles. The highest BCUT2D eigenvalue weighted by molar-refractivity contribution is 9.10. The Morgan fingerprint density at radius 1 is 1.53 bits per heavy atom. The average Bonchev–Trinajstić information content (AvgIpc) is 2.79. The number of nitrogens with zero attached hydrogens (tertiary/aromatic N) is 1. The number of hydrogen-bond acceptors (Lipinski definition) is 4. The summed E-state index contributed by atoms with van der Waals surface area (Å²) in [6.07, 6.45) is 0.706. The van der Waals surface area contributed by atoms with Crippen molar-refractivity contribution in [3.8, 4) is 5.75 Å². The molecule has 1 aliphatic heterocycles. The largest absolute Gasteiger partial charge is 0.493 e. The number of hydrogen-bond donors (Lipinski definition) is 1. The summed E-state index contributed by atoms with van der Waals surface area (Å²) in [5, 5.41) is 0. The van der Waals surface area contributed by atoms with Gasteiger partial charge < -0.3 is 10.5 Å². The lowest BCUT2D eigenvalue weighted by Gasteiger charge is -2.16. The second-order valence-electron chi connectivity index (χ2n) is 4.44. The lowest BCUT2D eigenvalue weighted by Crippen LogP contribution is -2.31. The summed E-state index contributed by atoms with van der Waals surface area (Å²) in [5.74, 6) is 0.638. The van der Waals surface area contributed by atoms with Crippen LogP contribution in [0.15, 0.2) is 27.6 Å². The zero-order chi connectivity index (χ0) is 14.0. The Morgan fingerprint density at radius 3 is 2.79 bits per heavy atom. The molecule has 1 heterocycles. The Morgan fingerprint density at radius 2 is 2.26 bits per heavy atom. The van der Waals surface area contributed by atoms with Gasteiger partial charge in [-0.2, -0.15) is 4.31 Å². The van der Waals surface area contributed by atoms with Gasteiger partial charge in [0.05, 0.1) is 16.0 Å². The predicted octanol–water partition coefficient (Wildman–Crippen LogP) is 1.57. The van der Waals surface area contributed by atoms with Crippen molar-refractivity contribution < 1.29 is 13.2 Å². The van der Waals surface area contributed by atoms with Gasteiger partial charge in [-0.1, -0.05) is 0 Å². The Balaban J connectivity index is 2.28. The number of rotatable bonds is 4. The van der Waals surface area contributed by atoms with Crippen molar-refractivity contribution in [2.75, 3.05) is 19.7 Å². The van der Waals surface area contributed by atoms with Crippen molar-refractivity contribution in [2.24, 2.45) is 5.73 Å². The van der Waals surface area contributed by atoms with E-state index in [0.717, 1.165) is 0 Å². The van der Waals surface area contributed by atoms with Crippen LogP contribution in [-0.2, 0) is 10.0 Å². The number of ether oxygens (including phenoxy) is 1. The summed E-state index contributed by atoms with van der Waals surface area (Å²) in [5.41, 5.74) is 5.76. The van der Waals surface area contributed by atoms with Crippen LogP contribution in [0.4, 0.5) is 0 Å². The zero-order valence-electron chi connectivity index (χ0n) is 10.7. The summed E-state index contributed by atoms with van der Waals surface area (Å²) in [6, 6.07) is 4.73. The fraction of sp³-hybridized carbons (Fsp3) is 0.500. The van der Waals surface area contributed by atoms with Gasteiger partial charge in [-0.25, -0.2) is 8.42 Å². The molecule has 7 heteroatoms. The first kappa shape index (κ1) is 14.8. The highest BCUT2D eigenvalue weighted by Crippen LogP contribution is 2.30. The third-order valence-corrected chi connectivity index (χ3v) is 5.51. The molecule has 0 spiro atoms. The number of halogens is 1. The van der Waals surface area contributed by atoms with E-state index in [-0.39, 0.29) is 10.9 Å². The molecule has 0 bridgehead atoms. The van der Waals surface area contributed by atoms with Crippen LogP contribution in [0.5, 0.6) is 5.75 Å². The summed E-state index contributed by atoms with van der Waals surface area (Å²) < 4.78 is 32.3. The van der Waals surface area contributed by atoms with E-state index in [1.165, 1.54) is 4.31 Å². The van der Waals surface area contributed by atoms with Crippen LogP contribution >= 0.6 is 15.9 Å². The first-order valence-electron chi connectivity index (χ1n) is 6.13. The monoisotopic (exact) mass is 348 g/mol. The molecule has 1 saturated heterocycles. The number of sulfonamides is 1. The Labute approximate surface area is 121 Å². The van der Waals surface area contributed by atoms with E-state index in [1.54, 1.807) is 18.2 Å². The van der Waals surface area contributed by atoms with E-state index in [2.05, 4.69) is 15.9 Å². The highest BCUT2D eigenvalue weighted by Gasteiger charge is 2.31. The van der Waals surface area contributed by atoms with Gasteiger partial charge in [0.25, 0.3) is 0 Å².